The predicted octanol–water partition coefficient (Wildman–Crippen LogP) is 2.76. The van der Waals surface area contributed by atoms with Crippen LogP contribution in [-0.2, 0) is 6.54 Å². The van der Waals surface area contributed by atoms with E-state index in [0.717, 1.165) is 6.54 Å². The molecule has 2 rings (SSSR count). The Morgan fingerprint density at radius 1 is 0.950 bits per heavy atom. The van der Waals surface area contributed by atoms with Gasteiger partial charge < -0.3 is 4.90 Å². The van der Waals surface area contributed by atoms with Crippen LogP contribution in [0.15, 0.2) is 24.3 Å². The summed E-state index contributed by atoms with van der Waals surface area (Å²) in [6, 6.07) is 12.2. The normalized spacial score (nSPS) is 18.4. The van der Waals surface area contributed by atoms with Gasteiger partial charge in [-0.25, -0.2) is 0 Å². The monoisotopic (exact) mass is 290 g/mol. The lowest BCUT2D eigenvalue weighted by molar-refractivity contribution is 0.148. The minimum Gasteiger partial charge on any atom is -0.304 e. The molecular formula is C17H30N2Si. The maximum Gasteiger partial charge on any atom is 0.0831 e. The number of hydrogen-bond donors (Lipinski definition) is 0. The molecule has 0 atom stereocenters. The quantitative estimate of drug-likeness (QED) is 0.770. The molecule has 20 heavy (non-hydrogen) atoms. The third-order valence-electron chi connectivity index (χ3n) is 5.21. The van der Waals surface area contributed by atoms with E-state index in [1.165, 1.54) is 43.8 Å². The van der Waals surface area contributed by atoms with Gasteiger partial charge in [0.15, 0.2) is 0 Å². The lowest BCUT2D eigenvalue weighted by Crippen LogP contribution is -2.44. The topological polar surface area (TPSA) is 6.48 Å². The van der Waals surface area contributed by atoms with E-state index in [0.29, 0.717) is 0 Å². The van der Waals surface area contributed by atoms with E-state index in [1.807, 2.05) is 0 Å². The van der Waals surface area contributed by atoms with Crippen molar-refractivity contribution in [1.82, 2.24) is 9.80 Å². The molecule has 1 aromatic rings. The van der Waals surface area contributed by atoms with Crippen LogP contribution in [0.3, 0.4) is 0 Å². The van der Waals surface area contributed by atoms with Gasteiger partial charge in [0.05, 0.1) is 8.07 Å². The summed E-state index contributed by atoms with van der Waals surface area (Å²) in [7, 11) is 1.04. The summed E-state index contributed by atoms with van der Waals surface area (Å²) in [4.78, 5) is 4.99. The van der Waals surface area contributed by atoms with E-state index in [-0.39, 0.29) is 0 Å². The van der Waals surface area contributed by atoms with Crippen molar-refractivity contribution >= 4 is 13.3 Å². The van der Waals surface area contributed by atoms with Gasteiger partial charge in [-0.3, -0.25) is 4.90 Å². The van der Waals surface area contributed by atoms with E-state index in [4.69, 9.17) is 0 Å². The molecular weight excluding hydrogens is 260 g/mol. The first kappa shape index (κ1) is 15.7. The fraction of sp³-hybridized carbons (Fsp3) is 0.647. The van der Waals surface area contributed by atoms with Crippen molar-refractivity contribution in [3.8, 4) is 0 Å². The molecule has 0 unspecified atom stereocenters. The van der Waals surface area contributed by atoms with Gasteiger partial charge >= 0.3 is 0 Å². The molecule has 1 saturated heterocycles. The van der Waals surface area contributed by atoms with Crippen molar-refractivity contribution in [1.29, 1.82) is 0 Å². The molecule has 1 heterocycles. The Labute approximate surface area is 125 Å². The molecule has 3 heteroatoms. The molecule has 0 spiro atoms. The highest BCUT2D eigenvalue weighted by Gasteiger charge is 2.24. The minimum absolute atomic E-state index is 1.12. The Kier molecular flexibility index (Phi) is 5.41. The predicted molar refractivity (Wildman–Crippen MR) is 91.4 cm³/mol. The first-order valence-corrected chi connectivity index (χ1v) is 11.0. The van der Waals surface area contributed by atoms with Crippen molar-refractivity contribution in [3.63, 3.8) is 0 Å². The molecule has 0 bridgehead atoms. The molecule has 0 aromatic heterocycles. The summed E-state index contributed by atoms with van der Waals surface area (Å²) in [5.41, 5.74) is 1.47. The highest BCUT2D eigenvalue weighted by atomic mass is 28.3. The van der Waals surface area contributed by atoms with E-state index in [9.17, 15) is 0 Å². The average molecular weight is 291 g/mol. The fourth-order valence-electron chi connectivity index (χ4n) is 2.93. The SMILES string of the molecule is CC[Si](C)(CC)c1ccc(CN2CCN(C)CC2)cc1. The zero-order chi connectivity index (χ0) is 14.6. The van der Waals surface area contributed by atoms with Crippen LogP contribution in [0.25, 0.3) is 0 Å². The summed E-state index contributed by atoms with van der Waals surface area (Å²) in [5.74, 6) is 0. The van der Waals surface area contributed by atoms with E-state index in [1.54, 1.807) is 5.19 Å². The highest BCUT2D eigenvalue weighted by molar-refractivity contribution is 6.90. The number of hydrogen-bond acceptors (Lipinski definition) is 2. The largest absolute Gasteiger partial charge is 0.304 e. The summed E-state index contributed by atoms with van der Waals surface area (Å²) >= 11 is 0. The zero-order valence-electron chi connectivity index (χ0n) is 13.7. The first-order valence-electron chi connectivity index (χ1n) is 8.07. The Hall–Kier alpha value is -0.643. The summed E-state index contributed by atoms with van der Waals surface area (Å²) < 4.78 is 0. The van der Waals surface area contributed by atoms with Crippen LogP contribution in [0.5, 0.6) is 0 Å². The van der Waals surface area contributed by atoms with Crippen molar-refractivity contribution in [3.05, 3.63) is 29.8 Å². The standard InChI is InChI=1S/C17H30N2Si/c1-5-20(4,6-2)17-9-7-16(8-10-17)15-19-13-11-18(3)12-14-19/h7-10H,5-6,11-15H2,1-4H3. The van der Waals surface area contributed by atoms with Crippen LogP contribution < -0.4 is 5.19 Å². The van der Waals surface area contributed by atoms with Gasteiger partial charge in [0.2, 0.25) is 0 Å². The van der Waals surface area contributed by atoms with Gasteiger partial charge in [0, 0.05) is 32.7 Å². The zero-order valence-corrected chi connectivity index (χ0v) is 14.7. The number of likely N-dealkylation sites (N-methyl/N-ethyl adjacent to an activating group) is 1. The Balaban J connectivity index is 1.98. The lowest BCUT2D eigenvalue weighted by Gasteiger charge is -2.32. The molecule has 0 saturated carbocycles. The second-order valence-corrected chi connectivity index (χ2v) is 11.7. The summed E-state index contributed by atoms with van der Waals surface area (Å²) in [5, 5.41) is 1.63. The van der Waals surface area contributed by atoms with Gasteiger partial charge in [-0.15, -0.1) is 0 Å². The van der Waals surface area contributed by atoms with Crippen molar-refractivity contribution in [2.24, 2.45) is 0 Å². The molecule has 0 aliphatic carbocycles. The molecule has 1 aliphatic heterocycles. The first-order chi connectivity index (χ1) is 9.57. The van der Waals surface area contributed by atoms with Crippen LogP contribution in [0.1, 0.15) is 19.4 Å². The number of rotatable bonds is 5. The molecule has 2 nitrogen and oxygen atoms in total. The summed E-state index contributed by atoms with van der Waals surface area (Å²) in [6.07, 6.45) is 0. The highest BCUT2D eigenvalue weighted by Crippen LogP contribution is 2.16. The number of piperazine rings is 1. The summed E-state index contributed by atoms with van der Waals surface area (Å²) in [6.45, 7) is 13.2. The van der Waals surface area contributed by atoms with E-state index >= 15 is 0 Å². The van der Waals surface area contributed by atoms with Gasteiger partial charge in [0.1, 0.15) is 0 Å². The van der Waals surface area contributed by atoms with E-state index < -0.39 is 8.07 Å². The average Bonchev–Trinajstić information content (AvgIpc) is 2.49. The lowest BCUT2D eigenvalue weighted by atomic mass is 10.2. The van der Waals surface area contributed by atoms with Crippen LogP contribution in [0.2, 0.25) is 18.6 Å². The van der Waals surface area contributed by atoms with Crippen LogP contribution in [-0.4, -0.2) is 51.1 Å². The van der Waals surface area contributed by atoms with Crippen molar-refractivity contribution in [2.45, 2.75) is 39.0 Å². The third kappa shape index (κ3) is 3.71. The van der Waals surface area contributed by atoms with Crippen molar-refractivity contribution < 1.29 is 0 Å². The molecule has 0 amide bonds. The van der Waals surface area contributed by atoms with E-state index in [2.05, 4.69) is 61.5 Å². The molecule has 1 aliphatic rings. The maximum atomic E-state index is 2.57. The Bertz CT molecular complexity index is 404. The van der Waals surface area contributed by atoms with Crippen LogP contribution >= 0.6 is 0 Å². The Morgan fingerprint density at radius 2 is 1.50 bits per heavy atom. The number of benzene rings is 1. The molecule has 1 fully saturated rings. The molecule has 112 valence electrons. The number of nitrogens with zero attached hydrogens (tertiary/aromatic N) is 2. The van der Waals surface area contributed by atoms with Crippen molar-refractivity contribution in [2.75, 3.05) is 33.2 Å². The molecule has 0 radical (unpaired) electrons. The third-order valence-corrected chi connectivity index (χ3v) is 10.1. The second-order valence-electron chi connectivity index (χ2n) is 6.54. The van der Waals surface area contributed by atoms with Gasteiger partial charge in [-0.05, 0) is 12.6 Å². The van der Waals surface area contributed by atoms with Crippen LogP contribution in [0.4, 0.5) is 0 Å². The minimum atomic E-state index is -1.18. The molecule has 1 aromatic carbocycles. The van der Waals surface area contributed by atoms with Gasteiger partial charge in [-0.2, -0.15) is 0 Å². The van der Waals surface area contributed by atoms with Crippen LogP contribution in [0, 0.1) is 0 Å². The second kappa shape index (κ2) is 6.88. The maximum absolute atomic E-state index is 2.57. The van der Waals surface area contributed by atoms with Gasteiger partial charge in [0.25, 0.3) is 0 Å². The van der Waals surface area contributed by atoms with Gasteiger partial charge in [-0.1, -0.05) is 61.9 Å². The Morgan fingerprint density at radius 3 is 2.00 bits per heavy atom. The fourth-order valence-corrected chi connectivity index (χ4v) is 5.22. The molecule has 0 N–H and O–H groups in total. The smallest absolute Gasteiger partial charge is 0.0831 e.